The van der Waals surface area contributed by atoms with E-state index in [9.17, 15) is 4.79 Å². The number of benzene rings is 1. The first-order chi connectivity index (χ1) is 8.56. The Morgan fingerprint density at radius 3 is 2.44 bits per heavy atom. The fourth-order valence-electron chi connectivity index (χ4n) is 1.83. The number of carbonyl (C=O) groups is 1. The lowest BCUT2D eigenvalue weighted by Crippen LogP contribution is -2.44. The van der Waals surface area contributed by atoms with E-state index in [-0.39, 0.29) is 11.9 Å². The summed E-state index contributed by atoms with van der Waals surface area (Å²) >= 11 is 0. The molecule has 0 saturated heterocycles. The average molecular weight is 248 g/mol. The fourth-order valence-corrected chi connectivity index (χ4v) is 1.83. The van der Waals surface area contributed by atoms with Gasteiger partial charge in [-0.2, -0.15) is 0 Å². The van der Waals surface area contributed by atoms with Gasteiger partial charge in [-0.25, -0.2) is 0 Å². The summed E-state index contributed by atoms with van der Waals surface area (Å²) in [5.74, 6) is 0.561. The van der Waals surface area contributed by atoms with Gasteiger partial charge in [-0.15, -0.1) is 0 Å². The molecular weight excluding hydrogens is 224 g/mol. The molecule has 2 atom stereocenters. The Morgan fingerprint density at radius 1 is 1.28 bits per heavy atom. The van der Waals surface area contributed by atoms with Crippen molar-refractivity contribution >= 4 is 5.91 Å². The van der Waals surface area contributed by atoms with Crippen LogP contribution in [-0.2, 0) is 4.79 Å². The van der Waals surface area contributed by atoms with Gasteiger partial charge in [-0.1, -0.05) is 37.3 Å². The Morgan fingerprint density at radius 2 is 1.89 bits per heavy atom. The third kappa shape index (κ3) is 4.15. The monoisotopic (exact) mass is 248 g/mol. The molecule has 0 aliphatic heterocycles. The van der Waals surface area contributed by atoms with Crippen LogP contribution in [0, 0.1) is 0 Å². The molecule has 1 aromatic carbocycles. The highest BCUT2D eigenvalue weighted by Crippen LogP contribution is 2.13. The predicted molar refractivity (Wildman–Crippen MR) is 75.6 cm³/mol. The highest BCUT2D eigenvalue weighted by Gasteiger charge is 2.16. The second-order valence-corrected chi connectivity index (χ2v) is 4.79. The molecule has 0 heterocycles. The fraction of sp³-hybridized carbons (Fsp3) is 0.533. The third-order valence-electron chi connectivity index (χ3n) is 3.32. The van der Waals surface area contributed by atoms with E-state index in [1.54, 1.807) is 4.90 Å². The smallest absolute Gasteiger partial charge is 0.239 e. The van der Waals surface area contributed by atoms with Gasteiger partial charge >= 0.3 is 0 Å². The van der Waals surface area contributed by atoms with Crippen LogP contribution in [0.25, 0.3) is 0 Å². The summed E-state index contributed by atoms with van der Waals surface area (Å²) in [7, 11) is 1.83. The van der Waals surface area contributed by atoms with Crippen molar-refractivity contribution < 1.29 is 4.79 Å². The standard InChI is InChI=1S/C15H24N2O/c1-5-17(4)15(18)13(3)16-11-12(2)14-9-7-6-8-10-14/h6-10,12-13,16H,5,11H2,1-4H3/t12-,13-/m0/s1. The van der Waals surface area contributed by atoms with Gasteiger partial charge in [0.2, 0.25) is 5.91 Å². The summed E-state index contributed by atoms with van der Waals surface area (Å²) in [6, 6.07) is 10.2. The van der Waals surface area contributed by atoms with Crippen molar-refractivity contribution in [2.45, 2.75) is 32.7 Å². The summed E-state index contributed by atoms with van der Waals surface area (Å²) in [6.45, 7) is 7.64. The van der Waals surface area contributed by atoms with Crippen molar-refractivity contribution in [2.24, 2.45) is 0 Å². The van der Waals surface area contributed by atoms with Crippen LogP contribution < -0.4 is 5.32 Å². The maximum Gasteiger partial charge on any atom is 0.239 e. The van der Waals surface area contributed by atoms with E-state index in [2.05, 4.69) is 24.4 Å². The lowest BCUT2D eigenvalue weighted by atomic mass is 10.0. The number of nitrogens with zero attached hydrogens (tertiary/aromatic N) is 1. The van der Waals surface area contributed by atoms with Crippen molar-refractivity contribution in [1.82, 2.24) is 10.2 Å². The molecule has 1 amide bonds. The van der Waals surface area contributed by atoms with Gasteiger partial charge in [0.05, 0.1) is 6.04 Å². The lowest BCUT2D eigenvalue weighted by Gasteiger charge is -2.22. The highest BCUT2D eigenvalue weighted by atomic mass is 16.2. The number of rotatable bonds is 6. The second-order valence-electron chi connectivity index (χ2n) is 4.79. The summed E-state index contributed by atoms with van der Waals surface area (Å²) < 4.78 is 0. The average Bonchev–Trinajstić information content (AvgIpc) is 2.43. The van der Waals surface area contributed by atoms with Crippen LogP contribution in [0.1, 0.15) is 32.3 Å². The van der Waals surface area contributed by atoms with Crippen molar-refractivity contribution in [3.8, 4) is 0 Å². The minimum absolute atomic E-state index is 0.124. The molecule has 0 aliphatic rings. The van der Waals surface area contributed by atoms with Crippen LogP contribution in [0.5, 0.6) is 0 Å². The second kappa shape index (κ2) is 7.17. The first kappa shape index (κ1) is 14.7. The minimum Gasteiger partial charge on any atom is -0.345 e. The maximum absolute atomic E-state index is 11.9. The van der Waals surface area contributed by atoms with E-state index in [0.717, 1.165) is 13.1 Å². The van der Waals surface area contributed by atoms with Crippen molar-refractivity contribution in [3.05, 3.63) is 35.9 Å². The first-order valence-electron chi connectivity index (χ1n) is 6.59. The van der Waals surface area contributed by atoms with Crippen molar-refractivity contribution in [1.29, 1.82) is 0 Å². The van der Waals surface area contributed by atoms with E-state index in [1.807, 2.05) is 39.1 Å². The Labute approximate surface area is 110 Å². The zero-order valence-electron chi connectivity index (χ0n) is 11.8. The van der Waals surface area contributed by atoms with Gasteiger partial charge in [0.1, 0.15) is 0 Å². The topological polar surface area (TPSA) is 32.3 Å². The van der Waals surface area contributed by atoms with Gasteiger partial charge in [0.15, 0.2) is 0 Å². The molecule has 3 nitrogen and oxygen atoms in total. The highest BCUT2D eigenvalue weighted by molar-refractivity contribution is 5.81. The Kier molecular flexibility index (Phi) is 5.86. The zero-order chi connectivity index (χ0) is 13.5. The molecule has 3 heteroatoms. The van der Waals surface area contributed by atoms with Gasteiger partial charge in [-0.3, -0.25) is 4.79 Å². The molecule has 0 aliphatic carbocycles. The molecule has 0 unspecified atom stereocenters. The van der Waals surface area contributed by atoms with E-state index in [4.69, 9.17) is 0 Å². The quantitative estimate of drug-likeness (QED) is 0.837. The summed E-state index contributed by atoms with van der Waals surface area (Å²) in [5.41, 5.74) is 1.30. The molecule has 0 radical (unpaired) electrons. The van der Waals surface area contributed by atoms with Crippen LogP contribution in [0.15, 0.2) is 30.3 Å². The van der Waals surface area contributed by atoms with Gasteiger partial charge in [0, 0.05) is 20.1 Å². The molecule has 0 fully saturated rings. The summed E-state index contributed by atoms with van der Waals surface area (Å²) in [4.78, 5) is 13.6. The Hall–Kier alpha value is -1.35. The maximum atomic E-state index is 11.9. The lowest BCUT2D eigenvalue weighted by molar-refractivity contribution is -0.131. The van der Waals surface area contributed by atoms with E-state index < -0.39 is 0 Å². The molecule has 18 heavy (non-hydrogen) atoms. The normalized spacial score (nSPS) is 14.0. The molecule has 1 rings (SSSR count). The zero-order valence-corrected chi connectivity index (χ0v) is 11.8. The van der Waals surface area contributed by atoms with E-state index in [1.165, 1.54) is 5.56 Å². The molecular formula is C15H24N2O. The van der Waals surface area contributed by atoms with Gasteiger partial charge < -0.3 is 10.2 Å². The number of amides is 1. The summed E-state index contributed by atoms with van der Waals surface area (Å²) in [6.07, 6.45) is 0. The number of hydrogen-bond donors (Lipinski definition) is 1. The minimum atomic E-state index is -0.124. The van der Waals surface area contributed by atoms with Crippen LogP contribution >= 0.6 is 0 Å². The number of nitrogens with one attached hydrogen (secondary N) is 1. The van der Waals surface area contributed by atoms with Crippen molar-refractivity contribution in [2.75, 3.05) is 20.1 Å². The molecule has 0 bridgehead atoms. The van der Waals surface area contributed by atoms with Crippen molar-refractivity contribution in [3.63, 3.8) is 0 Å². The molecule has 1 N–H and O–H groups in total. The predicted octanol–water partition coefficient (Wildman–Crippen LogP) is 2.25. The van der Waals surface area contributed by atoms with Gasteiger partial charge in [-0.05, 0) is 25.3 Å². The van der Waals surface area contributed by atoms with Crippen LogP contribution in [-0.4, -0.2) is 37.0 Å². The van der Waals surface area contributed by atoms with Crippen LogP contribution in [0.4, 0.5) is 0 Å². The van der Waals surface area contributed by atoms with E-state index in [0.29, 0.717) is 5.92 Å². The number of likely N-dealkylation sites (N-methyl/N-ethyl adjacent to an activating group) is 1. The number of hydrogen-bond acceptors (Lipinski definition) is 2. The van der Waals surface area contributed by atoms with E-state index >= 15 is 0 Å². The SMILES string of the molecule is CCN(C)C(=O)[C@H](C)NC[C@H](C)c1ccccc1. The van der Waals surface area contributed by atoms with Gasteiger partial charge in [0.25, 0.3) is 0 Å². The number of carbonyl (C=O) groups excluding carboxylic acids is 1. The van der Waals surface area contributed by atoms with Crippen LogP contribution in [0.2, 0.25) is 0 Å². The first-order valence-corrected chi connectivity index (χ1v) is 6.59. The third-order valence-corrected chi connectivity index (χ3v) is 3.32. The molecule has 0 aromatic heterocycles. The molecule has 0 spiro atoms. The van der Waals surface area contributed by atoms with Crippen LogP contribution in [0.3, 0.4) is 0 Å². The molecule has 100 valence electrons. The molecule has 1 aromatic rings. The Balaban J connectivity index is 2.43. The summed E-state index contributed by atoms with van der Waals surface area (Å²) in [5, 5.41) is 3.30. The molecule has 0 saturated carbocycles. The largest absolute Gasteiger partial charge is 0.345 e. The Bertz CT molecular complexity index is 364.